The van der Waals surface area contributed by atoms with E-state index in [9.17, 15) is 14.4 Å². The number of amides is 3. The Morgan fingerprint density at radius 1 is 1.27 bits per heavy atom. The van der Waals surface area contributed by atoms with Crippen molar-refractivity contribution in [2.75, 3.05) is 6.54 Å². The number of urea groups is 1. The normalized spacial score (nSPS) is 18.7. The van der Waals surface area contributed by atoms with E-state index in [-0.39, 0.29) is 25.5 Å². The number of aromatic nitrogens is 1. The number of fused-ring (bicyclic) bond motifs is 1. The molecule has 1 spiro atoms. The van der Waals surface area contributed by atoms with Gasteiger partial charge in [-0.3, -0.25) is 14.5 Å². The fourth-order valence-corrected chi connectivity index (χ4v) is 4.48. The van der Waals surface area contributed by atoms with E-state index in [1.54, 1.807) is 0 Å². The van der Waals surface area contributed by atoms with Crippen LogP contribution in [0.4, 0.5) is 4.79 Å². The van der Waals surface area contributed by atoms with Crippen LogP contribution in [-0.4, -0.2) is 39.9 Å². The summed E-state index contributed by atoms with van der Waals surface area (Å²) in [5, 5.41) is 3.52. The van der Waals surface area contributed by atoms with Crippen molar-refractivity contribution in [1.82, 2.24) is 15.2 Å². The Labute approximate surface area is 154 Å². The van der Waals surface area contributed by atoms with E-state index in [1.165, 1.54) is 11.3 Å². The number of benzene rings is 1. The highest BCUT2D eigenvalue weighted by Crippen LogP contribution is 2.35. The fraction of sp³-hybridized carbons (Fsp3) is 0.444. The van der Waals surface area contributed by atoms with Gasteiger partial charge in [0.25, 0.3) is 5.91 Å². The van der Waals surface area contributed by atoms with Crippen molar-refractivity contribution >= 4 is 39.5 Å². The number of ether oxygens (including phenoxy) is 1. The van der Waals surface area contributed by atoms with E-state index in [4.69, 9.17) is 4.74 Å². The predicted molar refractivity (Wildman–Crippen MR) is 95.5 cm³/mol. The minimum absolute atomic E-state index is 0.0138. The number of thiazole rings is 1. The number of hydrogen-bond acceptors (Lipinski definition) is 6. The van der Waals surface area contributed by atoms with E-state index in [1.807, 2.05) is 24.3 Å². The van der Waals surface area contributed by atoms with Crippen molar-refractivity contribution in [3.8, 4) is 0 Å². The Morgan fingerprint density at radius 3 is 2.81 bits per heavy atom. The second-order valence-corrected chi connectivity index (χ2v) is 7.78. The van der Waals surface area contributed by atoms with Crippen LogP contribution in [0.2, 0.25) is 0 Å². The van der Waals surface area contributed by atoms with E-state index >= 15 is 0 Å². The minimum Gasteiger partial charge on any atom is -0.458 e. The average Bonchev–Trinajstić information content (AvgIpc) is 3.31. The smallest absolute Gasteiger partial charge is 0.325 e. The number of imide groups is 1. The van der Waals surface area contributed by atoms with Gasteiger partial charge in [0.05, 0.1) is 16.6 Å². The second-order valence-electron chi connectivity index (χ2n) is 6.66. The van der Waals surface area contributed by atoms with Crippen LogP contribution in [0.3, 0.4) is 0 Å². The van der Waals surface area contributed by atoms with Crippen LogP contribution in [-0.2, 0) is 20.9 Å². The third-order valence-electron chi connectivity index (χ3n) is 4.94. The van der Waals surface area contributed by atoms with Crippen LogP contribution < -0.4 is 5.32 Å². The summed E-state index contributed by atoms with van der Waals surface area (Å²) < 4.78 is 6.29. The molecule has 1 aromatic heterocycles. The van der Waals surface area contributed by atoms with Crippen LogP contribution in [0.25, 0.3) is 10.2 Å². The Bertz CT molecular complexity index is 839. The van der Waals surface area contributed by atoms with E-state index in [2.05, 4.69) is 10.3 Å². The van der Waals surface area contributed by atoms with Crippen molar-refractivity contribution in [2.24, 2.45) is 0 Å². The Balaban J connectivity index is 1.30. The van der Waals surface area contributed by atoms with Gasteiger partial charge in [-0.2, -0.15) is 0 Å². The molecule has 7 nitrogen and oxygen atoms in total. The maximum Gasteiger partial charge on any atom is 0.325 e. The number of nitrogens with one attached hydrogen (secondary N) is 1. The maximum absolute atomic E-state index is 12.5. The molecule has 2 fully saturated rings. The number of rotatable bonds is 5. The Morgan fingerprint density at radius 2 is 2.04 bits per heavy atom. The van der Waals surface area contributed by atoms with E-state index < -0.39 is 17.5 Å². The molecule has 1 N–H and O–H groups in total. The standard InChI is InChI=1S/C18H19N3O4S/c22-15(25-11-14-19-12-5-1-2-6-13(12)26-14)7-10-21-16(23)18(20-17(21)24)8-3-4-9-18/h1-2,5-6H,3-4,7-11H2,(H,20,24). The molecule has 2 aromatic rings. The van der Waals surface area contributed by atoms with Crippen LogP contribution in [0, 0.1) is 0 Å². The maximum atomic E-state index is 12.5. The molecule has 1 saturated carbocycles. The highest BCUT2D eigenvalue weighted by Gasteiger charge is 2.52. The van der Waals surface area contributed by atoms with Gasteiger partial charge in [0.15, 0.2) is 0 Å². The third-order valence-corrected chi connectivity index (χ3v) is 5.95. The molecule has 1 aliphatic heterocycles. The van der Waals surface area contributed by atoms with Crippen LogP contribution in [0.5, 0.6) is 0 Å². The van der Waals surface area contributed by atoms with Gasteiger partial charge in [-0.15, -0.1) is 11.3 Å². The van der Waals surface area contributed by atoms with Gasteiger partial charge in [0.1, 0.15) is 17.2 Å². The zero-order valence-electron chi connectivity index (χ0n) is 14.2. The summed E-state index contributed by atoms with van der Waals surface area (Å²) >= 11 is 1.48. The third kappa shape index (κ3) is 3.05. The molecule has 8 heteroatoms. The number of carbonyl (C=O) groups is 3. The number of carbonyl (C=O) groups excluding carboxylic acids is 3. The summed E-state index contributed by atoms with van der Waals surface area (Å²) in [6.07, 6.45) is 3.21. The van der Waals surface area contributed by atoms with Crippen molar-refractivity contribution in [2.45, 2.75) is 44.2 Å². The molecule has 0 unspecified atom stereocenters. The zero-order chi connectivity index (χ0) is 18.1. The molecule has 0 bridgehead atoms. The first-order valence-electron chi connectivity index (χ1n) is 8.72. The topological polar surface area (TPSA) is 88.6 Å². The molecule has 1 saturated heterocycles. The molecule has 2 aliphatic rings. The highest BCUT2D eigenvalue weighted by molar-refractivity contribution is 7.18. The van der Waals surface area contributed by atoms with Crippen molar-refractivity contribution in [3.05, 3.63) is 29.3 Å². The lowest BCUT2D eigenvalue weighted by Crippen LogP contribution is -2.44. The first-order valence-corrected chi connectivity index (χ1v) is 9.53. The Hall–Kier alpha value is -2.48. The fourth-order valence-electron chi connectivity index (χ4n) is 3.60. The summed E-state index contributed by atoms with van der Waals surface area (Å²) in [5.74, 6) is -0.656. The van der Waals surface area contributed by atoms with Crippen LogP contribution >= 0.6 is 11.3 Å². The SMILES string of the molecule is O=C(CCN1C(=O)NC2(CCCC2)C1=O)OCc1nc2ccccc2s1. The molecule has 3 amide bonds. The minimum atomic E-state index is -0.734. The largest absolute Gasteiger partial charge is 0.458 e. The van der Waals surface area contributed by atoms with Gasteiger partial charge in [0.2, 0.25) is 0 Å². The summed E-state index contributed by atoms with van der Waals surface area (Å²) in [6.45, 7) is 0.146. The second kappa shape index (κ2) is 6.68. The van der Waals surface area contributed by atoms with Gasteiger partial charge >= 0.3 is 12.0 Å². The van der Waals surface area contributed by atoms with Crippen LogP contribution in [0.1, 0.15) is 37.1 Å². The molecule has 1 aliphatic carbocycles. The average molecular weight is 373 g/mol. The molecule has 0 atom stereocenters. The predicted octanol–water partition coefficient (Wildman–Crippen LogP) is 2.59. The lowest BCUT2D eigenvalue weighted by molar-refractivity contribution is -0.145. The van der Waals surface area contributed by atoms with Gasteiger partial charge in [-0.1, -0.05) is 25.0 Å². The first kappa shape index (κ1) is 17.0. The number of para-hydroxylation sites is 1. The van der Waals surface area contributed by atoms with Crippen LogP contribution in [0.15, 0.2) is 24.3 Å². The number of nitrogens with zero attached hydrogens (tertiary/aromatic N) is 2. The molecule has 26 heavy (non-hydrogen) atoms. The lowest BCUT2D eigenvalue weighted by Gasteiger charge is -2.19. The van der Waals surface area contributed by atoms with E-state index in [0.29, 0.717) is 12.8 Å². The molecule has 4 rings (SSSR count). The molecule has 2 heterocycles. The summed E-state index contributed by atoms with van der Waals surface area (Å²) in [7, 11) is 0. The number of hydrogen-bond donors (Lipinski definition) is 1. The molecular formula is C18H19N3O4S. The quantitative estimate of drug-likeness (QED) is 0.643. The summed E-state index contributed by atoms with van der Waals surface area (Å²) in [4.78, 5) is 42.1. The van der Waals surface area contributed by atoms with Gasteiger partial charge in [-0.05, 0) is 25.0 Å². The van der Waals surface area contributed by atoms with Gasteiger partial charge < -0.3 is 10.1 Å². The molecular weight excluding hydrogens is 354 g/mol. The molecule has 136 valence electrons. The zero-order valence-corrected chi connectivity index (χ0v) is 15.0. The van der Waals surface area contributed by atoms with Gasteiger partial charge in [-0.25, -0.2) is 9.78 Å². The van der Waals surface area contributed by atoms with Crippen molar-refractivity contribution in [3.63, 3.8) is 0 Å². The van der Waals surface area contributed by atoms with Crippen molar-refractivity contribution in [1.29, 1.82) is 0 Å². The highest BCUT2D eigenvalue weighted by atomic mass is 32.1. The number of esters is 1. The molecule has 0 radical (unpaired) electrons. The first-order chi connectivity index (χ1) is 12.6. The summed E-state index contributed by atoms with van der Waals surface area (Å²) in [6, 6.07) is 7.32. The van der Waals surface area contributed by atoms with E-state index in [0.717, 1.165) is 33.0 Å². The van der Waals surface area contributed by atoms with Crippen molar-refractivity contribution < 1.29 is 19.1 Å². The summed E-state index contributed by atoms with van der Waals surface area (Å²) in [5.41, 5.74) is 0.145. The molecule has 1 aromatic carbocycles. The lowest BCUT2D eigenvalue weighted by atomic mass is 9.98. The monoisotopic (exact) mass is 373 g/mol. The van der Waals surface area contributed by atoms with Gasteiger partial charge in [0, 0.05) is 6.54 Å². The Kier molecular flexibility index (Phi) is 4.36.